The fourth-order valence-corrected chi connectivity index (χ4v) is 4.84. The smallest absolute Gasteiger partial charge is 0.184 e. The first-order chi connectivity index (χ1) is 15.4. The van der Waals surface area contributed by atoms with Crippen LogP contribution in [-0.4, -0.2) is 35.3 Å². The van der Waals surface area contributed by atoms with Gasteiger partial charge in [-0.1, -0.05) is 54.6 Å². The third kappa shape index (κ3) is 2.97. The quantitative estimate of drug-likeness (QED) is 0.460. The van der Waals surface area contributed by atoms with E-state index in [-0.39, 0.29) is 0 Å². The van der Waals surface area contributed by atoms with E-state index in [1.54, 1.807) is 16.9 Å². The number of rotatable bonds is 3. The number of aromatic nitrogens is 5. The van der Waals surface area contributed by atoms with E-state index in [1.807, 2.05) is 67.6 Å². The van der Waals surface area contributed by atoms with Crippen molar-refractivity contribution in [3.63, 3.8) is 0 Å². The van der Waals surface area contributed by atoms with Gasteiger partial charge in [0.15, 0.2) is 11.3 Å². The minimum absolute atomic E-state index is 0.491. The van der Waals surface area contributed by atoms with E-state index in [0.717, 1.165) is 33.7 Å². The second kappa shape index (κ2) is 6.66. The zero-order valence-electron chi connectivity index (χ0n) is 17.6. The number of hydrogen-bond acceptors (Lipinski definition) is 6. The van der Waals surface area contributed by atoms with Crippen LogP contribution in [0.3, 0.4) is 0 Å². The van der Waals surface area contributed by atoms with E-state index in [1.165, 1.54) is 0 Å². The van der Waals surface area contributed by atoms with Crippen molar-refractivity contribution >= 4 is 16.8 Å². The topological polar surface area (TPSA) is 102 Å². The molecule has 0 unspecified atom stereocenters. The summed E-state index contributed by atoms with van der Waals surface area (Å²) in [6, 6.07) is 20.0. The molecular weight excluding hydrogens is 400 g/mol. The highest BCUT2D eigenvalue weighted by Gasteiger charge is 2.49. The number of nitrogens with two attached hydrogens (primary N) is 1. The molecule has 0 aliphatic heterocycles. The van der Waals surface area contributed by atoms with Crippen molar-refractivity contribution in [3.8, 4) is 22.5 Å². The number of benzene rings is 2. The summed E-state index contributed by atoms with van der Waals surface area (Å²) in [4.78, 5) is 14.4. The fraction of sp³-hybridized carbons (Fsp3) is 0.200. The summed E-state index contributed by atoms with van der Waals surface area (Å²) in [7, 11) is 0. The molecule has 1 aliphatic rings. The molecule has 6 rings (SSSR count). The van der Waals surface area contributed by atoms with Crippen LogP contribution in [0.5, 0.6) is 0 Å². The average Bonchev–Trinajstić information content (AvgIpc) is 3.27. The molecule has 3 aromatic heterocycles. The Bertz CT molecular complexity index is 1450. The van der Waals surface area contributed by atoms with Crippen LogP contribution in [0.2, 0.25) is 0 Å². The van der Waals surface area contributed by atoms with Crippen molar-refractivity contribution in [2.75, 3.05) is 0 Å². The fourth-order valence-electron chi connectivity index (χ4n) is 4.84. The van der Waals surface area contributed by atoms with Gasteiger partial charge in [-0.25, -0.2) is 15.0 Å². The highest BCUT2D eigenvalue weighted by Crippen LogP contribution is 2.46. The molecule has 32 heavy (non-hydrogen) atoms. The van der Waals surface area contributed by atoms with Gasteiger partial charge in [0.1, 0.15) is 5.52 Å². The summed E-state index contributed by atoms with van der Waals surface area (Å²) in [5.41, 5.74) is 11.9. The van der Waals surface area contributed by atoms with Gasteiger partial charge >= 0.3 is 0 Å². The van der Waals surface area contributed by atoms with Crippen molar-refractivity contribution in [3.05, 3.63) is 78.6 Å². The predicted molar refractivity (Wildman–Crippen MR) is 123 cm³/mol. The van der Waals surface area contributed by atoms with Gasteiger partial charge in [-0.05, 0) is 25.3 Å². The van der Waals surface area contributed by atoms with E-state index < -0.39 is 11.1 Å². The summed E-state index contributed by atoms with van der Waals surface area (Å²) < 4.78 is 1.71. The Labute approximate surface area is 184 Å². The summed E-state index contributed by atoms with van der Waals surface area (Å²) in [5, 5.41) is 14.5. The maximum absolute atomic E-state index is 10.2. The predicted octanol–water partition coefficient (Wildman–Crippen LogP) is 3.71. The van der Waals surface area contributed by atoms with Crippen molar-refractivity contribution in [2.24, 2.45) is 5.73 Å². The zero-order chi connectivity index (χ0) is 21.9. The average molecular weight is 422 g/mol. The SMILES string of the molecule is C[C@]1(O)C[C@](N)(c2ccc(-c3nc4cnc5ccnn5c4nc3-c3ccccc3)cc2)C1. The molecule has 0 amide bonds. The number of nitrogens with zero attached hydrogens (tertiary/aromatic N) is 5. The number of fused-ring (bicyclic) bond motifs is 3. The van der Waals surface area contributed by atoms with Crippen molar-refractivity contribution in [2.45, 2.75) is 30.9 Å². The standard InChI is InChI=1S/C25H22N6O/c1-24(32)14-25(26,15-24)18-9-7-17(8-10-18)21-22(16-5-3-2-4-6-16)30-23-19(29-21)13-27-20-11-12-28-31(20)23/h2-13,32H,14-15,26H2,1H3/t24-,25+. The molecule has 0 radical (unpaired) electrons. The van der Waals surface area contributed by atoms with Crippen molar-refractivity contribution < 1.29 is 5.11 Å². The molecule has 1 aliphatic carbocycles. The van der Waals surface area contributed by atoms with Gasteiger partial charge in [0, 0.05) is 22.7 Å². The summed E-state index contributed by atoms with van der Waals surface area (Å²) in [6.07, 6.45) is 4.54. The number of hydrogen-bond donors (Lipinski definition) is 2. The van der Waals surface area contributed by atoms with E-state index in [2.05, 4.69) is 10.1 Å². The second-order valence-electron chi connectivity index (χ2n) is 8.94. The normalized spacial score (nSPS) is 22.8. The molecule has 1 saturated carbocycles. The Morgan fingerprint density at radius 1 is 0.906 bits per heavy atom. The van der Waals surface area contributed by atoms with Crippen LogP contribution in [0.15, 0.2) is 73.1 Å². The maximum Gasteiger partial charge on any atom is 0.184 e. The highest BCUT2D eigenvalue weighted by atomic mass is 16.3. The summed E-state index contributed by atoms with van der Waals surface area (Å²) >= 11 is 0. The lowest BCUT2D eigenvalue weighted by atomic mass is 9.63. The second-order valence-corrected chi connectivity index (χ2v) is 8.94. The van der Waals surface area contributed by atoms with Crippen molar-refractivity contribution in [1.29, 1.82) is 0 Å². The Balaban J connectivity index is 1.51. The molecule has 0 atom stereocenters. The minimum Gasteiger partial charge on any atom is -0.390 e. The molecular formula is C25H22N6O. The first kappa shape index (κ1) is 19.0. The van der Waals surface area contributed by atoms with E-state index in [4.69, 9.17) is 15.7 Å². The third-order valence-corrected chi connectivity index (χ3v) is 6.22. The first-order valence-corrected chi connectivity index (χ1v) is 10.6. The van der Waals surface area contributed by atoms with Gasteiger partial charge in [-0.15, -0.1) is 0 Å². The highest BCUT2D eigenvalue weighted by molar-refractivity contribution is 5.85. The van der Waals surface area contributed by atoms with Crippen LogP contribution in [-0.2, 0) is 5.54 Å². The first-order valence-electron chi connectivity index (χ1n) is 10.6. The molecule has 0 saturated heterocycles. The molecule has 0 spiro atoms. The van der Waals surface area contributed by atoms with Crippen LogP contribution in [0.1, 0.15) is 25.3 Å². The Hall–Kier alpha value is -3.68. The van der Waals surface area contributed by atoms with E-state index in [0.29, 0.717) is 24.0 Å². The lowest BCUT2D eigenvalue weighted by Crippen LogP contribution is -2.58. The molecule has 1 fully saturated rings. The van der Waals surface area contributed by atoms with Crippen LogP contribution in [0.25, 0.3) is 39.3 Å². The van der Waals surface area contributed by atoms with Gasteiger partial charge < -0.3 is 10.8 Å². The van der Waals surface area contributed by atoms with Crippen LogP contribution < -0.4 is 5.73 Å². The number of aliphatic hydroxyl groups is 1. The van der Waals surface area contributed by atoms with Crippen LogP contribution >= 0.6 is 0 Å². The molecule has 3 N–H and O–H groups in total. The molecule has 2 aromatic carbocycles. The Kier molecular flexibility index (Phi) is 3.96. The van der Waals surface area contributed by atoms with Crippen molar-refractivity contribution in [1.82, 2.24) is 24.6 Å². The van der Waals surface area contributed by atoms with Gasteiger partial charge in [0.2, 0.25) is 0 Å². The largest absolute Gasteiger partial charge is 0.390 e. The lowest BCUT2D eigenvalue weighted by molar-refractivity contribution is -0.0738. The van der Waals surface area contributed by atoms with Crippen LogP contribution in [0, 0.1) is 0 Å². The van der Waals surface area contributed by atoms with Gasteiger partial charge in [0.05, 0.1) is 29.4 Å². The molecule has 7 heteroatoms. The molecule has 158 valence electrons. The molecule has 0 bridgehead atoms. The van der Waals surface area contributed by atoms with Gasteiger partial charge in [-0.2, -0.15) is 9.61 Å². The van der Waals surface area contributed by atoms with E-state index in [9.17, 15) is 5.11 Å². The molecule has 3 heterocycles. The minimum atomic E-state index is -0.692. The zero-order valence-corrected chi connectivity index (χ0v) is 17.6. The summed E-state index contributed by atoms with van der Waals surface area (Å²) in [6.45, 7) is 1.83. The third-order valence-electron chi connectivity index (χ3n) is 6.22. The van der Waals surface area contributed by atoms with Gasteiger partial charge in [0.25, 0.3) is 0 Å². The summed E-state index contributed by atoms with van der Waals surface area (Å²) in [5.74, 6) is 0. The molecule has 7 nitrogen and oxygen atoms in total. The molecule has 5 aromatic rings. The Morgan fingerprint density at radius 3 is 2.31 bits per heavy atom. The van der Waals surface area contributed by atoms with Gasteiger partial charge in [-0.3, -0.25) is 0 Å². The van der Waals surface area contributed by atoms with Crippen LogP contribution in [0.4, 0.5) is 0 Å². The monoisotopic (exact) mass is 422 g/mol. The van der Waals surface area contributed by atoms with E-state index >= 15 is 0 Å². The maximum atomic E-state index is 10.2. The Morgan fingerprint density at radius 2 is 1.59 bits per heavy atom. The lowest BCUT2D eigenvalue weighted by Gasteiger charge is -2.49.